The molecule has 1 aliphatic rings. The summed E-state index contributed by atoms with van der Waals surface area (Å²) in [7, 11) is 3.89. The summed E-state index contributed by atoms with van der Waals surface area (Å²) in [6.07, 6.45) is 15.5. The number of unbranched alkanes of at least 4 members (excludes halogenated alkanes) is 1. The van der Waals surface area contributed by atoms with Gasteiger partial charge in [-0.05, 0) is 38.6 Å². The molecule has 1 aliphatic carbocycles. The van der Waals surface area contributed by atoms with Crippen molar-refractivity contribution >= 4 is 0 Å². The Morgan fingerprint density at radius 1 is 1.35 bits per heavy atom. The molecule has 0 aromatic heterocycles. The average molecular weight is 237 g/mol. The van der Waals surface area contributed by atoms with Crippen LogP contribution in [0.5, 0.6) is 0 Å². The molecule has 0 spiro atoms. The Hall–Kier alpha value is -0.520. The number of methoxy groups -OCH3 is 1. The Balaban J connectivity index is 2.46. The van der Waals surface area contributed by atoms with Crippen LogP contribution in [0.3, 0.4) is 0 Å². The molecule has 0 amide bonds. The number of hydrogen-bond donors (Lipinski definition) is 1. The first kappa shape index (κ1) is 14.5. The number of likely N-dealkylation sites (N-methyl/N-ethyl adjacent to an activating group) is 1. The Morgan fingerprint density at radius 3 is 2.59 bits per heavy atom. The highest BCUT2D eigenvalue weighted by Gasteiger charge is 2.29. The molecule has 0 radical (unpaired) electrons. The Kier molecular flexibility index (Phi) is 7.32. The molecule has 0 bridgehead atoms. The average Bonchev–Trinajstić information content (AvgIpc) is 2.39. The molecule has 2 unspecified atom stereocenters. The van der Waals surface area contributed by atoms with Gasteiger partial charge in [-0.1, -0.05) is 19.3 Å². The summed E-state index contributed by atoms with van der Waals surface area (Å²) in [5.41, 5.74) is 0. The molecule has 2 nitrogen and oxygen atoms in total. The molecule has 2 atom stereocenters. The second-order valence-electron chi connectivity index (χ2n) is 5.09. The standard InChI is InChI=1S/C15H27NO/c1-4-5-7-12-14(16-2)15(17-3)13-10-8-6-9-11-13/h1,13-16H,5-12H2,2-3H3. The summed E-state index contributed by atoms with van der Waals surface area (Å²) in [4.78, 5) is 0. The van der Waals surface area contributed by atoms with E-state index in [9.17, 15) is 0 Å². The second-order valence-corrected chi connectivity index (χ2v) is 5.09. The highest BCUT2D eigenvalue weighted by Crippen LogP contribution is 2.30. The summed E-state index contributed by atoms with van der Waals surface area (Å²) in [6, 6.07) is 0.455. The zero-order valence-electron chi connectivity index (χ0n) is 11.4. The molecule has 1 fully saturated rings. The molecule has 0 heterocycles. The van der Waals surface area contributed by atoms with Crippen LogP contribution >= 0.6 is 0 Å². The van der Waals surface area contributed by atoms with E-state index in [4.69, 9.17) is 11.2 Å². The van der Waals surface area contributed by atoms with Crippen molar-refractivity contribution in [1.29, 1.82) is 0 Å². The first-order chi connectivity index (χ1) is 8.33. The van der Waals surface area contributed by atoms with E-state index in [-0.39, 0.29) is 0 Å². The lowest BCUT2D eigenvalue weighted by Gasteiger charge is -2.34. The number of rotatable bonds is 7. The monoisotopic (exact) mass is 237 g/mol. The zero-order valence-corrected chi connectivity index (χ0v) is 11.4. The molecule has 1 saturated carbocycles. The van der Waals surface area contributed by atoms with Gasteiger partial charge in [0, 0.05) is 19.6 Å². The molecule has 1 rings (SSSR count). The smallest absolute Gasteiger partial charge is 0.0752 e. The van der Waals surface area contributed by atoms with E-state index in [1.165, 1.54) is 32.1 Å². The van der Waals surface area contributed by atoms with Gasteiger partial charge in [0.05, 0.1) is 6.10 Å². The minimum absolute atomic E-state index is 0.359. The van der Waals surface area contributed by atoms with Crippen molar-refractivity contribution in [1.82, 2.24) is 5.32 Å². The maximum absolute atomic E-state index is 5.76. The van der Waals surface area contributed by atoms with Crippen LogP contribution in [-0.2, 0) is 4.74 Å². The maximum Gasteiger partial charge on any atom is 0.0752 e. The third-order valence-corrected chi connectivity index (χ3v) is 3.99. The largest absolute Gasteiger partial charge is 0.380 e. The zero-order chi connectivity index (χ0) is 12.5. The van der Waals surface area contributed by atoms with Gasteiger partial charge in [-0.15, -0.1) is 12.3 Å². The number of nitrogens with one attached hydrogen (secondary N) is 1. The minimum atomic E-state index is 0.359. The summed E-state index contributed by atoms with van der Waals surface area (Å²) in [5.74, 6) is 3.45. The Bertz CT molecular complexity index is 228. The lowest BCUT2D eigenvalue weighted by Crippen LogP contribution is -2.44. The fraction of sp³-hybridized carbons (Fsp3) is 0.867. The summed E-state index contributed by atoms with van der Waals surface area (Å²) < 4.78 is 5.76. The van der Waals surface area contributed by atoms with Gasteiger partial charge < -0.3 is 10.1 Å². The van der Waals surface area contributed by atoms with Gasteiger partial charge in [0.15, 0.2) is 0 Å². The molecule has 2 heteroatoms. The van der Waals surface area contributed by atoms with E-state index >= 15 is 0 Å². The van der Waals surface area contributed by atoms with Crippen LogP contribution in [-0.4, -0.2) is 26.3 Å². The molecule has 0 saturated heterocycles. The van der Waals surface area contributed by atoms with Crippen molar-refractivity contribution < 1.29 is 4.74 Å². The maximum atomic E-state index is 5.76. The van der Waals surface area contributed by atoms with Crippen LogP contribution in [0.15, 0.2) is 0 Å². The van der Waals surface area contributed by atoms with Gasteiger partial charge in [0.25, 0.3) is 0 Å². The first-order valence-corrected chi connectivity index (χ1v) is 6.97. The lowest BCUT2D eigenvalue weighted by atomic mass is 9.81. The fourth-order valence-corrected chi connectivity index (χ4v) is 3.04. The van der Waals surface area contributed by atoms with E-state index in [2.05, 4.69) is 11.2 Å². The Morgan fingerprint density at radius 2 is 2.06 bits per heavy atom. The molecule has 0 aliphatic heterocycles. The highest BCUT2D eigenvalue weighted by atomic mass is 16.5. The summed E-state index contributed by atoms with van der Waals surface area (Å²) >= 11 is 0. The van der Waals surface area contributed by atoms with E-state index in [1.807, 2.05) is 14.2 Å². The second kappa shape index (κ2) is 8.55. The highest BCUT2D eigenvalue weighted by molar-refractivity contribution is 4.87. The van der Waals surface area contributed by atoms with Crippen molar-refractivity contribution in [2.75, 3.05) is 14.2 Å². The predicted molar refractivity (Wildman–Crippen MR) is 72.9 cm³/mol. The van der Waals surface area contributed by atoms with Crippen molar-refractivity contribution in [2.24, 2.45) is 5.92 Å². The quantitative estimate of drug-likeness (QED) is 0.543. The third-order valence-electron chi connectivity index (χ3n) is 3.99. The van der Waals surface area contributed by atoms with Crippen LogP contribution in [0, 0.1) is 18.3 Å². The molecular formula is C15H27NO. The molecule has 17 heavy (non-hydrogen) atoms. The van der Waals surface area contributed by atoms with E-state index in [1.54, 1.807) is 0 Å². The molecule has 0 aromatic rings. The van der Waals surface area contributed by atoms with Crippen molar-refractivity contribution in [3.63, 3.8) is 0 Å². The number of hydrogen-bond acceptors (Lipinski definition) is 2. The normalized spacial score (nSPS) is 20.8. The van der Waals surface area contributed by atoms with Gasteiger partial charge in [0.1, 0.15) is 0 Å². The van der Waals surface area contributed by atoms with Crippen LogP contribution in [0.1, 0.15) is 51.4 Å². The van der Waals surface area contributed by atoms with Gasteiger partial charge in [-0.3, -0.25) is 0 Å². The fourth-order valence-electron chi connectivity index (χ4n) is 3.04. The molecular weight excluding hydrogens is 210 g/mol. The van der Waals surface area contributed by atoms with E-state index in [0.29, 0.717) is 12.1 Å². The van der Waals surface area contributed by atoms with E-state index in [0.717, 1.165) is 25.2 Å². The van der Waals surface area contributed by atoms with Crippen LogP contribution in [0.25, 0.3) is 0 Å². The molecule has 0 aromatic carbocycles. The number of ether oxygens (including phenoxy) is 1. The predicted octanol–water partition coefficient (Wildman–Crippen LogP) is 2.97. The lowest BCUT2D eigenvalue weighted by molar-refractivity contribution is 0.00763. The van der Waals surface area contributed by atoms with Crippen molar-refractivity contribution in [2.45, 2.75) is 63.5 Å². The first-order valence-electron chi connectivity index (χ1n) is 6.97. The third kappa shape index (κ3) is 4.69. The van der Waals surface area contributed by atoms with Gasteiger partial charge in [-0.25, -0.2) is 0 Å². The summed E-state index contributed by atoms with van der Waals surface area (Å²) in [5, 5.41) is 3.42. The van der Waals surface area contributed by atoms with Crippen LogP contribution in [0.2, 0.25) is 0 Å². The van der Waals surface area contributed by atoms with Gasteiger partial charge in [0.2, 0.25) is 0 Å². The van der Waals surface area contributed by atoms with Crippen LogP contribution < -0.4 is 5.32 Å². The number of terminal acetylenes is 1. The van der Waals surface area contributed by atoms with Gasteiger partial charge >= 0.3 is 0 Å². The SMILES string of the molecule is C#CCCCC(NC)C(OC)C1CCCCC1. The Labute approximate surface area is 107 Å². The van der Waals surface area contributed by atoms with E-state index < -0.39 is 0 Å². The van der Waals surface area contributed by atoms with Gasteiger partial charge in [-0.2, -0.15) is 0 Å². The van der Waals surface area contributed by atoms with Crippen molar-refractivity contribution in [3.05, 3.63) is 0 Å². The molecule has 98 valence electrons. The molecule has 1 N–H and O–H groups in total. The topological polar surface area (TPSA) is 21.3 Å². The van der Waals surface area contributed by atoms with Crippen LogP contribution in [0.4, 0.5) is 0 Å². The minimum Gasteiger partial charge on any atom is -0.380 e. The summed E-state index contributed by atoms with van der Waals surface area (Å²) in [6.45, 7) is 0. The van der Waals surface area contributed by atoms with Crippen molar-refractivity contribution in [3.8, 4) is 12.3 Å².